The molecule has 1 rings (SSSR count). The summed E-state index contributed by atoms with van der Waals surface area (Å²) in [5, 5.41) is 20.6. The SMILES string of the molecule is [N-]=[N+]=NC1=CC(C(O)CO)OC1=O. The van der Waals surface area contributed by atoms with Crippen LogP contribution in [-0.2, 0) is 9.53 Å². The number of azide groups is 1. The predicted octanol–water partition coefficient (Wildman–Crippen LogP) is -0.541. The predicted molar refractivity (Wildman–Crippen MR) is 40.2 cm³/mol. The highest BCUT2D eigenvalue weighted by Crippen LogP contribution is 2.17. The molecule has 2 atom stereocenters. The number of hydrogen-bond acceptors (Lipinski definition) is 5. The Labute approximate surface area is 72.9 Å². The van der Waals surface area contributed by atoms with Crippen molar-refractivity contribution >= 4 is 5.97 Å². The van der Waals surface area contributed by atoms with Crippen LogP contribution in [0.1, 0.15) is 0 Å². The Bertz CT molecular complexity index is 294. The van der Waals surface area contributed by atoms with Crippen LogP contribution in [0.15, 0.2) is 16.9 Å². The number of aliphatic hydroxyl groups excluding tert-OH is 2. The second-order valence-electron chi connectivity index (χ2n) is 2.36. The normalized spacial score (nSPS) is 23.1. The van der Waals surface area contributed by atoms with Crippen molar-refractivity contribution < 1.29 is 19.7 Å². The van der Waals surface area contributed by atoms with Gasteiger partial charge in [0.2, 0.25) is 0 Å². The molecule has 0 amide bonds. The van der Waals surface area contributed by atoms with Gasteiger partial charge in [-0.25, -0.2) is 4.79 Å². The van der Waals surface area contributed by atoms with E-state index in [9.17, 15) is 4.79 Å². The van der Waals surface area contributed by atoms with Gasteiger partial charge in [-0.05, 0) is 11.6 Å². The molecule has 0 aromatic heterocycles. The smallest absolute Gasteiger partial charge is 0.341 e. The van der Waals surface area contributed by atoms with Crippen molar-refractivity contribution in [3.8, 4) is 0 Å². The van der Waals surface area contributed by atoms with E-state index in [0.29, 0.717) is 0 Å². The maximum atomic E-state index is 10.8. The van der Waals surface area contributed by atoms with Crippen LogP contribution in [0.3, 0.4) is 0 Å². The first kappa shape index (κ1) is 9.53. The molecule has 0 radical (unpaired) electrons. The molecule has 0 aliphatic carbocycles. The molecule has 2 N–H and O–H groups in total. The number of hydrogen-bond donors (Lipinski definition) is 2. The van der Waals surface area contributed by atoms with E-state index in [4.69, 9.17) is 15.7 Å². The third kappa shape index (κ3) is 1.97. The molecule has 7 heteroatoms. The van der Waals surface area contributed by atoms with Crippen LogP contribution >= 0.6 is 0 Å². The van der Waals surface area contributed by atoms with E-state index < -0.39 is 24.8 Å². The van der Waals surface area contributed by atoms with Crippen molar-refractivity contribution in [2.24, 2.45) is 5.11 Å². The molecule has 0 fully saturated rings. The van der Waals surface area contributed by atoms with E-state index in [2.05, 4.69) is 14.8 Å². The molecule has 1 aliphatic heterocycles. The Balaban J connectivity index is 2.76. The summed E-state index contributed by atoms with van der Waals surface area (Å²) >= 11 is 0. The Morgan fingerprint density at radius 3 is 3.08 bits per heavy atom. The van der Waals surface area contributed by atoms with Crippen molar-refractivity contribution in [2.45, 2.75) is 12.2 Å². The average Bonchev–Trinajstić information content (AvgIpc) is 2.47. The fourth-order valence-electron chi connectivity index (χ4n) is 0.857. The highest BCUT2D eigenvalue weighted by Gasteiger charge is 2.29. The first-order valence-electron chi connectivity index (χ1n) is 3.46. The summed E-state index contributed by atoms with van der Waals surface area (Å²) in [6, 6.07) is 0. The second-order valence-corrected chi connectivity index (χ2v) is 2.36. The molecule has 70 valence electrons. The monoisotopic (exact) mass is 185 g/mol. The van der Waals surface area contributed by atoms with E-state index in [1.807, 2.05) is 0 Å². The first-order chi connectivity index (χ1) is 6.19. The minimum absolute atomic E-state index is 0.194. The van der Waals surface area contributed by atoms with Gasteiger partial charge in [0, 0.05) is 4.91 Å². The van der Waals surface area contributed by atoms with Gasteiger partial charge in [0.1, 0.15) is 17.9 Å². The Hall–Kier alpha value is -1.56. The Morgan fingerprint density at radius 2 is 2.54 bits per heavy atom. The van der Waals surface area contributed by atoms with Gasteiger partial charge in [0.05, 0.1) is 6.61 Å². The molecule has 7 nitrogen and oxygen atoms in total. The molecule has 0 aromatic carbocycles. The van der Waals surface area contributed by atoms with E-state index in [0.717, 1.165) is 0 Å². The van der Waals surface area contributed by atoms with Gasteiger partial charge in [-0.15, -0.1) is 0 Å². The van der Waals surface area contributed by atoms with E-state index in [-0.39, 0.29) is 5.70 Å². The van der Waals surface area contributed by atoms with Gasteiger partial charge in [0.15, 0.2) is 0 Å². The summed E-state index contributed by atoms with van der Waals surface area (Å²) in [6.07, 6.45) is -0.948. The van der Waals surface area contributed by atoms with Crippen molar-refractivity contribution in [1.82, 2.24) is 0 Å². The number of rotatable bonds is 3. The summed E-state index contributed by atoms with van der Waals surface area (Å²) in [4.78, 5) is 13.2. The molecule has 13 heavy (non-hydrogen) atoms. The number of ether oxygens (including phenoxy) is 1. The standard InChI is InChI=1S/C6H7N3O4/c7-9-8-3-1-5(4(11)2-10)13-6(3)12/h1,4-5,10-11H,2H2. The van der Waals surface area contributed by atoms with Crippen molar-refractivity contribution in [3.63, 3.8) is 0 Å². The molecule has 0 saturated heterocycles. The largest absolute Gasteiger partial charge is 0.452 e. The lowest BCUT2D eigenvalue weighted by Crippen LogP contribution is -2.28. The maximum absolute atomic E-state index is 10.8. The molecule has 0 spiro atoms. The lowest BCUT2D eigenvalue weighted by molar-refractivity contribution is -0.144. The van der Waals surface area contributed by atoms with Crippen LogP contribution in [0.5, 0.6) is 0 Å². The second kappa shape index (κ2) is 3.90. The number of carbonyl (C=O) groups excluding carboxylic acids is 1. The summed E-state index contributed by atoms with van der Waals surface area (Å²) in [5.41, 5.74) is 7.83. The van der Waals surface area contributed by atoms with Gasteiger partial charge < -0.3 is 14.9 Å². The summed E-state index contributed by atoms with van der Waals surface area (Å²) in [5.74, 6) is -0.796. The molecular formula is C6H7N3O4. The van der Waals surface area contributed by atoms with Crippen LogP contribution in [0.25, 0.3) is 10.4 Å². The van der Waals surface area contributed by atoms with Crippen molar-refractivity contribution in [2.75, 3.05) is 6.61 Å². The summed E-state index contributed by atoms with van der Waals surface area (Å²) in [6.45, 7) is -0.530. The average molecular weight is 185 g/mol. The minimum Gasteiger partial charge on any atom is -0.452 e. The number of esters is 1. The fourth-order valence-corrected chi connectivity index (χ4v) is 0.857. The zero-order valence-corrected chi connectivity index (χ0v) is 6.49. The van der Waals surface area contributed by atoms with E-state index >= 15 is 0 Å². The van der Waals surface area contributed by atoms with Gasteiger partial charge in [0.25, 0.3) is 0 Å². The first-order valence-corrected chi connectivity index (χ1v) is 3.46. The summed E-state index contributed by atoms with van der Waals surface area (Å²) < 4.78 is 4.57. The number of aliphatic hydroxyl groups is 2. The molecule has 0 saturated carbocycles. The van der Waals surface area contributed by atoms with Gasteiger partial charge in [-0.3, -0.25) is 0 Å². The topological polar surface area (TPSA) is 116 Å². The van der Waals surface area contributed by atoms with Crippen LogP contribution in [0, 0.1) is 0 Å². The number of cyclic esters (lactones) is 1. The lowest BCUT2D eigenvalue weighted by atomic mass is 10.2. The van der Waals surface area contributed by atoms with Crippen LogP contribution in [0.4, 0.5) is 0 Å². The lowest BCUT2D eigenvalue weighted by Gasteiger charge is -2.12. The van der Waals surface area contributed by atoms with E-state index in [1.165, 1.54) is 6.08 Å². The van der Waals surface area contributed by atoms with Crippen molar-refractivity contribution in [1.29, 1.82) is 0 Å². The molecule has 0 bridgehead atoms. The van der Waals surface area contributed by atoms with Crippen LogP contribution in [-0.4, -0.2) is 35.0 Å². The number of carbonyl (C=O) groups is 1. The highest BCUT2D eigenvalue weighted by atomic mass is 16.6. The zero-order chi connectivity index (χ0) is 9.84. The third-order valence-electron chi connectivity index (χ3n) is 1.49. The molecular weight excluding hydrogens is 178 g/mol. The van der Waals surface area contributed by atoms with Crippen molar-refractivity contribution in [3.05, 3.63) is 22.2 Å². The van der Waals surface area contributed by atoms with Crippen LogP contribution < -0.4 is 0 Å². The highest BCUT2D eigenvalue weighted by molar-refractivity contribution is 5.90. The van der Waals surface area contributed by atoms with Gasteiger partial charge >= 0.3 is 5.97 Å². The zero-order valence-electron chi connectivity index (χ0n) is 6.49. The number of nitrogens with zero attached hydrogens (tertiary/aromatic N) is 3. The minimum atomic E-state index is -1.18. The summed E-state index contributed by atoms with van der Waals surface area (Å²) in [7, 11) is 0. The van der Waals surface area contributed by atoms with E-state index in [1.54, 1.807) is 0 Å². The quantitative estimate of drug-likeness (QED) is 0.266. The third-order valence-corrected chi connectivity index (χ3v) is 1.49. The van der Waals surface area contributed by atoms with Gasteiger partial charge in [-0.1, -0.05) is 5.11 Å². The Kier molecular flexibility index (Phi) is 2.86. The molecule has 1 heterocycles. The Morgan fingerprint density at radius 1 is 1.85 bits per heavy atom. The molecule has 0 aromatic rings. The maximum Gasteiger partial charge on any atom is 0.341 e. The molecule has 2 unspecified atom stereocenters. The van der Waals surface area contributed by atoms with Gasteiger partial charge in [-0.2, -0.15) is 0 Å². The fraction of sp³-hybridized carbons (Fsp3) is 0.500. The van der Waals surface area contributed by atoms with Crippen LogP contribution in [0.2, 0.25) is 0 Å². The molecule has 1 aliphatic rings.